The van der Waals surface area contributed by atoms with Crippen molar-refractivity contribution in [3.05, 3.63) is 0 Å². The summed E-state index contributed by atoms with van der Waals surface area (Å²) in [6, 6.07) is 0. The summed E-state index contributed by atoms with van der Waals surface area (Å²) in [5.74, 6) is 0.393. The molecule has 0 spiro atoms. The summed E-state index contributed by atoms with van der Waals surface area (Å²) in [5.41, 5.74) is 0. The lowest BCUT2D eigenvalue weighted by Crippen LogP contribution is -2.28. The Bertz CT molecular complexity index is 98.5. The molecule has 74 valence electrons. The van der Waals surface area contributed by atoms with Crippen molar-refractivity contribution in [2.75, 3.05) is 40.3 Å². The van der Waals surface area contributed by atoms with Gasteiger partial charge in [0.2, 0.25) is 0 Å². The van der Waals surface area contributed by atoms with Crippen molar-refractivity contribution in [1.29, 1.82) is 0 Å². The van der Waals surface area contributed by atoms with Crippen LogP contribution in [0.2, 0.25) is 0 Å². The van der Waals surface area contributed by atoms with Crippen molar-refractivity contribution >= 4 is 0 Å². The average molecular weight is 174 g/mol. The van der Waals surface area contributed by atoms with Crippen LogP contribution in [0.25, 0.3) is 0 Å². The summed E-state index contributed by atoms with van der Waals surface area (Å²) < 4.78 is 0. The van der Waals surface area contributed by atoms with E-state index in [1.807, 2.05) is 7.05 Å². The molecule has 0 aromatic rings. The molecule has 0 aliphatic carbocycles. The van der Waals surface area contributed by atoms with E-state index in [-0.39, 0.29) is 6.61 Å². The van der Waals surface area contributed by atoms with Gasteiger partial charge in [0.15, 0.2) is 0 Å². The lowest BCUT2D eigenvalue weighted by Gasteiger charge is -2.19. The van der Waals surface area contributed by atoms with Gasteiger partial charge in [0.25, 0.3) is 0 Å². The minimum atomic E-state index is 0.288. The zero-order valence-corrected chi connectivity index (χ0v) is 8.51. The third-order valence-corrected chi connectivity index (χ3v) is 1.90. The number of nitrogens with one attached hydrogen (secondary N) is 1. The van der Waals surface area contributed by atoms with Gasteiger partial charge in [-0.3, -0.25) is 0 Å². The van der Waals surface area contributed by atoms with Gasteiger partial charge in [-0.25, -0.2) is 0 Å². The lowest BCUT2D eigenvalue weighted by atomic mass is 10.2. The Morgan fingerprint density at radius 1 is 1.50 bits per heavy atom. The number of rotatable bonds is 7. The summed E-state index contributed by atoms with van der Waals surface area (Å²) >= 11 is 0. The van der Waals surface area contributed by atoms with E-state index in [1.54, 1.807) is 0 Å². The molecule has 12 heavy (non-hydrogen) atoms. The van der Waals surface area contributed by atoms with Gasteiger partial charge in [0, 0.05) is 13.2 Å². The quantitative estimate of drug-likeness (QED) is 0.540. The van der Waals surface area contributed by atoms with Crippen molar-refractivity contribution in [2.45, 2.75) is 13.3 Å². The molecule has 2 N–H and O–H groups in total. The minimum Gasteiger partial charge on any atom is -0.396 e. The fraction of sp³-hybridized carbons (Fsp3) is 1.00. The SMILES string of the molecule is CNCCCN(C)CC(C)CO. The highest BCUT2D eigenvalue weighted by molar-refractivity contribution is 4.58. The van der Waals surface area contributed by atoms with Crippen LogP contribution in [-0.2, 0) is 0 Å². The molecule has 0 saturated heterocycles. The minimum absolute atomic E-state index is 0.288. The monoisotopic (exact) mass is 174 g/mol. The van der Waals surface area contributed by atoms with Crippen molar-refractivity contribution in [2.24, 2.45) is 5.92 Å². The number of aliphatic hydroxyl groups excluding tert-OH is 1. The molecule has 0 bridgehead atoms. The second kappa shape index (κ2) is 7.53. The summed E-state index contributed by atoms with van der Waals surface area (Å²) in [5, 5.41) is 11.9. The number of nitrogens with zero attached hydrogens (tertiary/aromatic N) is 1. The first-order valence-corrected chi connectivity index (χ1v) is 4.64. The van der Waals surface area contributed by atoms with Crippen LogP contribution in [0.4, 0.5) is 0 Å². The highest BCUT2D eigenvalue weighted by Gasteiger charge is 2.03. The van der Waals surface area contributed by atoms with Gasteiger partial charge in [-0.05, 0) is 39.5 Å². The van der Waals surface area contributed by atoms with E-state index in [1.165, 1.54) is 6.42 Å². The fourth-order valence-corrected chi connectivity index (χ4v) is 1.21. The first-order valence-electron chi connectivity index (χ1n) is 4.64. The molecule has 0 aliphatic heterocycles. The molecular weight excluding hydrogens is 152 g/mol. The van der Waals surface area contributed by atoms with Gasteiger partial charge in [0.05, 0.1) is 0 Å². The molecule has 0 amide bonds. The van der Waals surface area contributed by atoms with Crippen LogP contribution in [-0.4, -0.2) is 50.3 Å². The summed E-state index contributed by atoms with van der Waals surface area (Å²) in [4.78, 5) is 2.26. The van der Waals surface area contributed by atoms with Crippen molar-refractivity contribution in [3.8, 4) is 0 Å². The Morgan fingerprint density at radius 3 is 2.67 bits per heavy atom. The summed E-state index contributed by atoms with van der Waals surface area (Å²) in [6.45, 7) is 5.51. The second-order valence-electron chi connectivity index (χ2n) is 3.51. The predicted molar refractivity (Wildman–Crippen MR) is 52.3 cm³/mol. The number of hydrogen-bond donors (Lipinski definition) is 2. The maximum atomic E-state index is 8.82. The highest BCUT2D eigenvalue weighted by atomic mass is 16.3. The van der Waals surface area contributed by atoms with Crippen LogP contribution in [0.1, 0.15) is 13.3 Å². The van der Waals surface area contributed by atoms with Crippen LogP contribution < -0.4 is 5.32 Å². The van der Waals surface area contributed by atoms with E-state index in [0.29, 0.717) is 5.92 Å². The third-order valence-electron chi connectivity index (χ3n) is 1.90. The molecule has 0 radical (unpaired) electrons. The first-order chi connectivity index (χ1) is 5.70. The van der Waals surface area contributed by atoms with Gasteiger partial charge >= 0.3 is 0 Å². The zero-order valence-electron chi connectivity index (χ0n) is 8.51. The van der Waals surface area contributed by atoms with Crippen LogP contribution in [0, 0.1) is 5.92 Å². The number of hydrogen-bond acceptors (Lipinski definition) is 3. The van der Waals surface area contributed by atoms with Crippen LogP contribution in [0.5, 0.6) is 0 Å². The Hall–Kier alpha value is -0.120. The van der Waals surface area contributed by atoms with Gasteiger partial charge in [-0.15, -0.1) is 0 Å². The summed E-state index contributed by atoms with van der Waals surface area (Å²) in [6.07, 6.45) is 1.17. The molecule has 1 atom stereocenters. The topological polar surface area (TPSA) is 35.5 Å². The molecule has 0 saturated carbocycles. The maximum Gasteiger partial charge on any atom is 0.0468 e. The van der Waals surface area contributed by atoms with Crippen LogP contribution in [0.3, 0.4) is 0 Å². The Kier molecular flexibility index (Phi) is 7.45. The van der Waals surface area contributed by atoms with E-state index in [2.05, 4.69) is 24.2 Å². The predicted octanol–water partition coefficient (Wildman–Crippen LogP) is 0.156. The van der Waals surface area contributed by atoms with Gasteiger partial charge in [-0.2, -0.15) is 0 Å². The maximum absolute atomic E-state index is 8.82. The second-order valence-corrected chi connectivity index (χ2v) is 3.51. The molecule has 0 aromatic heterocycles. The molecule has 0 rings (SSSR count). The Labute approximate surface area is 75.8 Å². The Balaban J connectivity index is 3.26. The molecule has 0 aromatic carbocycles. The third kappa shape index (κ3) is 6.58. The molecule has 3 heteroatoms. The zero-order chi connectivity index (χ0) is 9.40. The van der Waals surface area contributed by atoms with Crippen LogP contribution in [0.15, 0.2) is 0 Å². The summed E-state index contributed by atoms with van der Waals surface area (Å²) in [7, 11) is 4.07. The molecule has 0 fully saturated rings. The largest absolute Gasteiger partial charge is 0.396 e. The molecule has 0 aliphatic rings. The van der Waals surface area contributed by atoms with Gasteiger partial charge < -0.3 is 15.3 Å². The smallest absolute Gasteiger partial charge is 0.0468 e. The first kappa shape index (κ1) is 11.9. The molecule has 3 nitrogen and oxygen atoms in total. The highest BCUT2D eigenvalue weighted by Crippen LogP contribution is 1.96. The lowest BCUT2D eigenvalue weighted by molar-refractivity contribution is 0.190. The standard InChI is InChI=1S/C9H22N2O/c1-9(8-12)7-11(3)6-4-5-10-2/h9-10,12H,4-8H2,1-3H3. The van der Waals surface area contributed by atoms with E-state index in [0.717, 1.165) is 19.6 Å². The van der Waals surface area contributed by atoms with E-state index >= 15 is 0 Å². The van der Waals surface area contributed by atoms with E-state index in [4.69, 9.17) is 5.11 Å². The van der Waals surface area contributed by atoms with Gasteiger partial charge in [0.1, 0.15) is 0 Å². The average Bonchev–Trinajstić information content (AvgIpc) is 2.05. The van der Waals surface area contributed by atoms with E-state index in [9.17, 15) is 0 Å². The normalized spacial score (nSPS) is 13.8. The molecular formula is C9H22N2O. The fourth-order valence-electron chi connectivity index (χ4n) is 1.21. The van der Waals surface area contributed by atoms with Crippen molar-refractivity contribution in [1.82, 2.24) is 10.2 Å². The Morgan fingerprint density at radius 2 is 2.17 bits per heavy atom. The van der Waals surface area contributed by atoms with Crippen molar-refractivity contribution in [3.63, 3.8) is 0 Å². The molecule has 0 heterocycles. The van der Waals surface area contributed by atoms with Crippen LogP contribution >= 0.6 is 0 Å². The van der Waals surface area contributed by atoms with Crippen molar-refractivity contribution < 1.29 is 5.11 Å². The van der Waals surface area contributed by atoms with E-state index < -0.39 is 0 Å². The number of aliphatic hydroxyl groups is 1. The van der Waals surface area contributed by atoms with Gasteiger partial charge in [-0.1, -0.05) is 6.92 Å². The molecule has 1 unspecified atom stereocenters.